The van der Waals surface area contributed by atoms with Gasteiger partial charge in [-0.3, -0.25) is 4.79 Å². The lowest BCUT2D eigenvalue weighted by Gasteiger charge is -2.25. The van der Waals surface area contributed by atoms with Gasteiger partial charge in [0.15, 0.2) is 0 Å². The monoisotopic (exact) mass is 253 g/mol. The summed E-state index contributed by atoms with van der Waals surface area (Å²) >= 11 is 0. The quantitative estimate of drug-likeness (QED) is 0.911. The Balaban J connectivity index is 2.11. The molecule has 0 aromatic heterocycles. The number of hydrogen-bond acceptors (Lipinski definition) is 2. The normalized spacial score (nSPS) is 17.6. The predicted octanol–water partition coefficient (Wildman–Crippen LogP) is 2.22. The zero-order chi connectivity index (χ0) is 13.2. The molecule has 1 N–H and O–H groups in total. The summed E-state index contributed by atoms with van der Waals surface area (Å²) in [5.74, 6) is -0.00139. The second-order valence-corrected chi connectivity index (χ2v) is 4.62. The fraction of sp³-hybridized carbons (Fsp3) is 0.188. The van der Waals surface area contributed by atoms with Gasteiger partial charge in [0.2, 0.25) is 0 Å². The average Bonchev–Trinajstić information content (AvgIpc) is 2.74. The number of benzene rings is 2. The first-order valence-electron chi connectivity index (χ1n) is 6.38. The van der Waals surface area contributed by atoms with Gasteiger partial charge < -0.3 is 10.0 Å². The van der Waals surface area contributed by atoms with Crippen LogP contribution < -0.4 is 0 Å². The number of β-amino-alcohol motifs (C(OH)–C–C–N with tert-alkyl or cyclic N) is 1. The highest BCUT2D eigenvalue weighted by Crippen LogP contribution is 2.37. The second kappa shape index (κ2) is 4.86. The van der Waals surface area contributed by atoms with Gasteiger partial charge >= 0.3 is 0 Å². The van der Waals surface area contributed by atoms with Crippen molar-refractivity contribution in [3.05, 3.63) is 71.3 Å². The molecule has 3 nitrogen and oxygen atoms in total. The third-order valence-corrected chi connectivity index (χ3v) is 3.51. The number of carbonyl (C=O) groups is 1. The Morgan fingerprint density at radius 3 is 2.42 bits per heavy atom. The van der Waals surface area contributed by atoms with E-state index in [1.54, 1.807) is 4.90 Å². The first-order valence-corrected chi connectivity index (χ1v) is 6.38. The lowest BCUT2D eigenvalue weighted by molar-refractivity contribution is 0.0712. The Bertz CT molecular complexity index is 595. The van der Waals surface area contributed by atoms with Crippen LogP contribution in [-0.4, -0.2) is 29.1 Å². The Labute approximate surface area is 112 Å². The maximum atomic E-state index is 12.4. The van der Waals surface area contributed by atoms with E-state index >= 15 is 0 Å². The summed E-state index contributed by atoms with van der Waals surface area (Å²) in [5.41, 5.74) is 2.84. The molecule has 0 fully saturated rings. The fourth-order valence-electron chi connectivity index (χ4n) is 2.70. The summed E-state index contributed by atoms with van der Waals surface area (Å²) in [7, 11) is 0. The lowest BCUT2D eigenvalue weighted by atomic mass is 9.98. The minimum Gasteiger partial charge on any atom is -0.395 e. The number of aliphatic hydroxyl groups is 1. The van der Waals surface area contributed by atoms with Crippen molar-refractivity contribution < 1.29 is 9.90 Å². The average molecular weight is 253 g/mol. The van der Waals surface area contributed by atoms with Crippen LogP contribution in [0.25, 0.3) is 0 Å². The Morgan fingerprint density at radius 2 is 1.68 bits per heavy atom. The van der Waals surface area contributed by atoms with Crippen molar-refractivity contribution in [1.82, 2.24) is 4.90 Å². The first kappa shape index (κ1) is 11.9. The van der Waals surface area contributed by atoms with Crippen LogP contribution in [0, 0.1) is 0 Å². The molecule has 19 heavy (non-hydrogen) atoms. The van der Waals surface area contributed by atoms with Crippen LogP contribution in [0.3, 0.4) is 0 Å². The van der Waals surface area contributed by atoms with Crippen molar-refractivity contribution in [1.29, 1.82) is 0 Å². The van der Waals surface area contributed by atoms with Crippen LogP contribution in [-0.2, 0) is 0 Å². The third-order valence-electron chi connectivity index (χ3n) is 3.51. The Hall–Kier alpha value is -2.13. The van der Waals surface area contributed by atoms with Gasteiger partial charge in [-0.25, -0.2) is 0 Å². The van der Waals surface area contributed by atoms with Crippen molar-refractivity contribution in [2.75, 3.05) is 13.2 Å². The van der Waals surface area contributed by atoms with Gasteiger partial charge in [-0.05, 0) is 17.2 Å². The maximum absolute atomic E-state index is 12.4. The minimum atomic E-state index is -0.0861. The fourth-order valence-corrected chi connectivity index (χ4v) is 2.70. The molecule has 2 aromatic rings. The van der Waals surface area contributed by atoms with E-state index in [4.69, 9.17) is 0 Å². The number of carbonyl (C=O) groups excluding carboxylic acids is 1. The molecule has 1 atom stereocenters. The molecule has 2 aromatic carbocycles. The number of fused-ring (bicyclic) bond motifs is 1. The van der Waals surface area contributed by atoms with Gasteiger partial charge in [0, 0.05) is 12.1 Å². The largest absolute Gasteiger partial charge is 0.395 e. The van der Waals surface area contributed by atoms with E-state index < -0.39 is 0 Å². The third kappa shape index (κ3) is 1.92. The summed E-state index contributed by atoms with van der Waals surface area (Å²) in [6.07, 6.45) is 0. The van der Waals surface area contributed by atoms with E-state index in [-0.39, 0.29) is 18.6 Å². The number of aliphatic hydroxyl groups excluding tert-OH is 1. The highest BCUT2D eigenvalue weighted by molar-refractivity contribution is 5.99. The highest BCUT2D eigenvalue weighted by Gasteiger charge is 2.36. The molecular formula is C16H15NO2. The molecule has 3 heteroatoms. The summed E-state index contributed by atoms with van der Waals surface area (Å²) in [4.78, 5) is 14.1. The van der Waals surface area contributed by atoms with Crippen molar-refractivity contribution in [3.8, 4) is 0 Å². The molecule has 0 saturated carbocycles. The van der Waals surface area contributed by atoms with Crippen LogP contribution in [0.4, 0.5) is 0 Å². The zero-order valence-corrected chi connectivity index (χ0v) is 10.5. The molecule has 1 aliphatic heterocycles. The lowest BCUT2D eigenvalue weighted by Crippen LogP contribution is -2.31. The second-order valence-electron chi connectivity index (χ2n) is 4.62. The standard InChI is InChI=1S/C16H15NO2/c18-11-10-17-15(12-6-2-1-3-7-12)13-8-4-5-9-14(13)16(17)19/h1-9,15,18H,10-11H2/t15-/m1/s1. The van der Waals surface area contributed by atoms with Crippen molar-refractivity contribution in [2.45, 2.75) is 6.04 Å². The van der Waals surface area contributed by atoms with Crippen molar-refractivity contribution in [3.63, 3.8) is 0 Å². The number of rotatable bonds is 3. The number of nitrogens with zero attached hydrogens (tertiary/aromatic N) is 1. The van der Waals surface area contributed by atoms with Gasteiger partial charge in [-0.15, -0.1) is 0 Å². The van der Waals surface area contributed by atoms with Gasteiger partial charge in [-0.1, -0.05) is 48.5 Å². The van der Waals surface area contributed by atoms with Crippen LogP contribution >= 0.6 is 0 Å². The van der Waals surface area contributed by atoms with Gasteiger partial charge in [0.25, 0.3) is 5.91 Å². The predicted molar refractivity (Wildman–Crippen MR) is 72.8 cm³/mol. The Morgan fingerprint density at radius 1 is 1.00 bits per heavy atom. The molecule has 0 unspecified atom stereocenters. The number of amides is 1. The topological polar surface area (TPSA) is 40.5 Å². The number of hydrogen-bond donors (Lipinski definition) is 1. The van der Waals surface area contributed by atoms with Crippen LogP contribution in [0.5, 0.6) is 0 Å². The summed E-state index contributed by atoms with van der Waals surface area (Å²) in [6.45, 7) is 0.330. The molecule has 1 amide bonds. The smallest absolute Gasteiger partial charge is 0.255 e. The van der Waals surface area contributed by atoms with E-state index in [1.807, 2.05) is 54.6 Å². The zero-order valence-electron chi connectivity index (χ0n) is 10.5. The molecule has 0 bridgehead atoms. The molecule has 0 spiro atoms. The molecule has 0 aliphatic carbocycles. The van der Waals surface area contributed by atoms with Crippen LogP contribution in [0.2, 0.25) is 0 Å². The molecule has 1 heterocycles. The molecule has 0 radical (unpaired) electrons. The summed E-state index contributed by atoms with van der Waals surface area (Å²) in [6, 6.07) is 17.5. The van der Waals surface area contributed by atoms with Gasteiger partial charge in [0.1, 0.15) is 0 Å². The SMILES string of the molecule is O=C1c2ccccc2[C@@H](c2ccccc2)N1CCO. The first-order chi connectivity index (χ1) is 9.33. The van der Waals surface area contributed by atoms with Crippen LogP contribution in [0.1, 0.15) is 27.5 Å². The van der Waals surface area contributed by atoms with Crippen LogP contribution in [0.15, 0.2) is 54.6 Å². The highest BCUT2D eigenvalue weighted by atomic mass is 16.3. The summed E-state index contributed by atoms with van der Waals surface area (Å²) in [5, 5.41) is 9.19. The van der Waals surface area contributed by atoms with Gasteiger partial charge in [0.05, 0.1) is 12.6 Å². The molecule has 0 saturated heterocycles. The van der Waals surface area contributed by atoms with Crippen molar-refractivity contribution >= 4 is 5.91 Å². The maximum Gasteiger partial charge on any atom is 0.255 e. The van der Waals surface area contributed by atoms with E-state index in [0.717, 1.165) is 16.7 Å². The molecule has 96 valence electrons. The van der Waals surface area contributed by atoms with Gasteiger partial charge in [-0.2, -0.15) is 0 Å². The van der Waals surface area contributed by atoms with Crippen molar-refractivity contribution in [2.24, 2.45) is 0 Å². The minimum absolute atomic E-state index is 0.00139. The molecule has 1 aliphatic rings. The van der Waals surface area contributed by atoms with E-state index in [2.05, 4.69) is 0 Å². The Kier molecular flexibility index (Phi) is 3.05. The van der Waals surface area contributed by atoms with E-state index in [0.29, 0.717) is 6.54 Å². The molecular weight excluding hydrogens is 238 g/mol. The van der Waals surface area contributed by atoms with E-state index in [1.165, 1.54) is 0 Å². The van der Waals surface area contributed by atoms with E-state index in [9.17, 15) is 9.90 Å². The molecule has 3 rings (SSSR count). The summed E-state index contributed by atoms with van der Waals surface area (Å²) < 4.78 is 0.